The number of carbonyl (C=O) groups excluding carboxylic acids is 1. The molecule has 0 saturated carbocycles. The van der Waals surface area contributed by atoms with E-state index in [-0.39, 0.29) is 5.91 Å². The van der Waals surface area contributed by atoms with Crippen LogP contribution in [-0.2, 0) is 18.2 Å². The zero-order valence-electron chi connectivity index (χ0n) is 23.6. The van der Waals surface area contributed by atoms with Gasteiger partial charge in [0.2, 0.25) is 11.8 Å². The molecule has 10 nitrogen and oxygen atoms in total. The number of pyridine rings is 1. The van der Waals surface area contributed by atoms with Gasteiger partial charge in [0.25, 0.3) is 5.91 Å². The van der Waals surface area contributed by atoms with Gasteiger partial charge in [0.15, 0.2) is 0 Å². The number of hydrogen-bond acceptors (Lipinski definition) is 7. The third-order valence-electron chi connectivity index (χ3n) is 8.06. The summed E-state index contributed by atoms with van der Waals surface area (Å²) in [4.78, 5) is 25.3. The Labute approximate surface area is 234 Å². The highest BCUT2D eigenvalue weighted by atomic mass is 31.2. The Morgan fingerprint density at radius 2 is 1.90 bits per heavy atom. The van der Waals surface area contributed by atoms with E-state index < -0.39 is 7.14 Å². The topological polar surface area (TPSA) is 107 Å². The van der Waals surface area contributed by atoms with Crippen LogP contribution in [0.2, 0.25) is 0 Å². The van der Waals surface area contributed by atoms with Crippen molar-refractivity contribution in [3.05, 3.63) is 47.8 Å². The fourth-order valence-electron chi connectivity index (χ4n) is 5.68. The minimum Gasteiger partial charge on any atom is -0.477 e. The zero-order chi connectivity index (χ0) is 28.0. The molecular weight excluding hydrogens is 525 g/mol. The van der Waals surface area contributed by atoms with Crippen LogP contribution in [0, 0.1) is 12.8 Å². The lowest BCUT2D eigenvalue weighted by Gasteiger charge is -2.29. The highest BCUT2D eigenvalue weighted by Crippen LogP contribution is 2.46. The first kappa shape index (κ1) is 26.7. The van der Waals surface area contributed by atoms with Gasteiger partial charge in [-0.15, -0.1) is 0 Å². The van der Waals surface area contributed by atoms with Crippen LogP contribution in [0.3, 0.4) is 0 Å². The Morgan fingerprint density at radius 3 is 2.70 bits per heavy atom. The van der Waals surface area contributed by atoms with Gasteiger partial charge in [0, 0.05) is 55.6 Å². The Morgan fingerprint density at radius 1 is 1.10 bits per heavy atom. The number of amides is 1. The molecule has 0 spiro atoms. The van der Waals surface area contributed by atoms with E-state index in [0.717, 1.165) is 53.5 Å². The van der Waals surface area contributed by atoms with Crippen molar-refractivity contribution in [3.8, 4) is 17.1 Å². The smallest absolute Gasteiger partial charge is 0.258 e. The van der Waals surface area contributed by atoms with E-state index in [0.29, 0.717) is 54.5 Å². The van der Waals surface area contributed by atoms with E-state index in [1.54, 1.807) is 23.0 Å². The number of aryl methyl sites for hydroxylation is 2. The van der Waals surface area contributed by atoms with Gasteiger partial charge in [0.05, 0.1) is 35.1 Å². The second kappa shape index (κ2) is 10.5. The Hall–Kier alpha value is -3.49. The standard InChI is InChI=1S/C29H36N7O3P/c1-19-6-5-11-39-28-23(17-30-35(28)4)25-15-21(14-20(2)31-25)27(37)33-29-32-24-8-7-22(16-26(24)36(29)18-19)40(38)12-9-34(3)10-13-40/h7-8,14-17,19H,5-6,9-13,18H2,1-4H3,(H,32,33,37)/t19-/m1/s1. The highest BCUT2D eigenvalue weighted by molar-refractivity contribution is 7.71. The van der Waals surface area contributed by atoms with Gasteiger partial charge < -0.3 is 18.8 Å². The zero-order valence-corrected chi connectivity index (χ0v) is 24.4. The number of carbonyl (C=O) groups is 1. The molecular formula is C29H36N7O3P. The van der Waals surface area contributed by atoms with Gasteiger partial charge in [-0.2, -0.15) is 5.10 Å². The number of nitrogens with one attached hydrogen (secondary N) is 1. The number of anilines is 1. The molecule has 6 rings (SSSR count). The van der Waals surface area contributed by atoms with E-state index >= 15 is 0 Å². The lowest BCUT2D eigenvalue weighted by molar-refractivity contribution is 0.102. The number of fused-ring (bicyclic) bond motifs is 7. The molecule has 3 aromatic heterocycles. The molecule has 0 radical (unpaired) electrons. The van der Waals surface area contributed by atoms with Crippen LogP contribution in [0.25, 0.3) is 22.3 Å². The molecule has 2 bridgehead atoms. The summed E-state index contributed by atoms with van der Waals surface area (Å²) in [6.45, 7) is 6.95. The molecule has 0 unspecified atom stereocenters. The normalized spacial score (nSPS) is 20.1. The molecule has 4 aromatic rings. The molecule has 210 valence electrons. The molecule has 1 saturated heterocycles. The van der Waals surface area contributed by atoms with Crippen molar-refractivity contribution in [2.75, 3.05) is 44.4 Å². The summed E-state index contributed by atoms with van der Waals surface area (Å²) in [5.74, 6) is 1.17. The van der Waals surface area contributed by atoms with Crippen LogP contribution < -0.4 is 15.4 Å². The van der Waals surface area contributed by atoms with Crippen LogP contribution >= 0.6 is 7.14 Å². The third kappa shape index (κ3) is 5.06. The summed E-state index contributed by atoms with van der Waals surface area (Å²) in [7, 11) is 1.44. The summed E-state index contributed by atoms with van der Waals surface area (Å²) in [6, 6.07) is 9.50. The maximum atomic E-state index is 13.9. The van der Waals surface area contributed by atoms with Gasteiger partial charge in [-0.05, 0) is 63.1 Å². The summed E-state index contributed by atoms with van der Waals surface area (Å²) in [6.07, 6.45) is 4.89. The SMILES string of the molecule is Cc1cc2cc(n1)-c1cnn(C)c1OCCC[C@@H](C)Cn1c(nc3ccc(P4(=O)CCN(C)CC4)cc31)NC2=O. The van der Waals surface area contributed by atoms with Gasteiger partial charge in [-0.25, -0.2) is 9.67 Å². The lowest BCUT2D eigenvalue weighted by Crippen LogP contribution is -2.34. The van der Waals surface area contributed by atoms with Crippen molar-refractivity contribution >= 4 is 35.3 Å². The maximum absolute atomic E-state index is 13.9. The molecule has 40 heavy (non-hydrogen) atoms. The van der Waals surface area contributed by atoms with Crippen molar-refractivity contribution in [2.45, 2.75) is 33.2 Å². The molecule has 2 aliphatic heterocycles. The van der Waals surface area contributed by atoms with Crippen LogP contribution in [0.1, 0.15) is 35.8 Å². The number of rotatable bonds is 1. The van der Waals surface area contributed by atoms with Crippen LogP contribution in [0.5, 0.6) is 5.88 Å². The monoisotopic (exact) mass is 561 g/mol. The second-order valence-electron chi connectivity index (χ2n) is 11.3. The molecule has 1 atom stereocenters. The molecule has 1 fully saturated rings. The summed E-state index contributed by atoms with van der Waals surface area (Å²) < 4.78 is 23.9. The minimum atomic E-state index is -2.48. The van der Waals surface area contributed by atoms with Crippen LogP contribution in [0.4, 0.5) is 5.95 Å². The predicted molar refractivity (Wildman–Crippen MR) is 157 cm³/mol. The first-order chi connectivity index (χ1) is 19.2. The number of nitrogens with zero attached hydrogens (tertiary/aromatic N) is 6. The summed E-state index contributed by atoms with van der Waals surface area (Å²) >= 11 is 0. The van der Waals surface area contributed by atoms with E-state index in [4.69, 9.17) is 9.72 Å². The van der Waals surface area contributed by atoms with E-state index in [1.165, 1.54) is 0 Å². The van der Waals surface area contributed by atoms with E-state index in [1.807, 2.05) is 32.2 Å². The van der Waals surface area contributed by atoms with Crippen molar-refractivity contribution in [1.82, 2.24) is 29.2 Å². The first-order valence-electron chi connectivity index (χ1n) is 13.9. The molecule has 1 N–H and O–H groups in total. The van der Waals surface area contributed by atoms with Crippen molar-refractivity contribution in [1.29, 1.82) is 0 Å². The quantitative estimate of drug-likeness (QED) is 0.348. The van der Waals surface area contributed by atoms with E-state index in [9.17, 15) is 9.36 Å². The highest BCUT2D eigenvalue weighted by Gasteiger charge is 2.30. The fourth-order valence-corrected chi connectivity index (χ4v) is 8.45. The number of hydrogen-bond donors (Lipinski definition) is 1. The molecule has 5 heterocycles. The molecule has 11 heteroatoms. The maximum Gasteiger partial charge on any atom is 0.258 e. The summed E-state index contributed by atoms with van der Waals surface area (Å²) in [5.41, 5.74) is 4.28. The Bertz CT molecular complexity index is 1630. The van der Waals surface area contributed by atoms with Gasteiger partial charge in [0.1, 0.15) is 7.14 Å². The first-order valence-corrected chi connectivity index (χ1v) is 16.0. The number of ether oxygens (including phenoxy) is 1. The van der Waals surface area contributed by atoms with Crippen LogP contribution in [-0.4, -0.2) is 74.2 Å². The van der Waals surface area contributed by atoms with Crippen LogP contribution in [0.15, 0.2) is 36.5 Å². The average Bonchev–Trinajstić information content (AvgIpc) is 3.46. The Balaban J connectivity index is 1.42. The average molecular weight is 562 g/mol. The Kier molecular flexibility index (Phi) is 7.00. The number of benzene rings is 1. The van der Waals surface area contributed by atoms with Crippen molar-refractivity contribution in [2.24, 2.45) is 13.0 Å². The number of aromatic nitrogens is 5. The number of imidazole rings is 1. The van der Waals surface area contributed by atoms with Gasteiger partial charge in [-0.1, -0.05) is 6.92 Å². The second-order valence-corrected chi connectivity index (χ2v) is 14.5. The predicted octanol–water partition coefficient (Wildman–Crippen LogP) is 4.14. The van der Waals surface area contributed by atoms with Crippen molar-refractivity contribution < 1.29 is 14.1 Å². The molecule has 2 aliphatic rings. The molecule has 1 aromatic carbocycles. The van der Waals surface area contributed by atoms with Gasteiger partial charge in [-0.3, -0.25) is 15.1 Å². The van der Waals surface area contributed by atoms with E-state index in [2.05, 4.69) is 38.8 Å². The van der Waals surface area contributed by atoms with Crippen molar-refractivity contribution in [3.63, 3.8) is 0 Å². The molecule has 0 aliphatic carbocycles. The van der Waals surface area contributed by atoms with Gasteiger partial charge >= 0.3 is 0 Å². The minimum absolute atomic E-state index is 0.263. The largest absolute Gasteiger partial charge is 0.477 e. The third-order valence-corrected chi connectivity index (χ3v) is 11.1. The summed E-state index contributed by atoms with van der Waals surface area (Å²) in [5, 5.41) is 8.36. The fraction of sp³-hybridized carbons (Fsp3) is 0.448. The lowest BCUT2D eigenvalue weighted by atomic mass is 10.1. The molecule has 1 amide bonds.